The van der Waals surface area contributed by atoms with Crippen LogP contribution in [0.3, 0.4) is 0 Å². The summed E-state index contributed by atoms with van der Waals surface area (Å²) in [6.45, 7) is 3.29. The van der Waals surface area contributed by atoms with Gasteiger partial charge in [0.1, 0.15) is 5.75 Å². The van der Waals surface area contributed by atoms with E-state index in [9.17, 15) is 4.79 Å². The Labute approximate surface area is 118 Å². The van der Waals surface area contributed by atoms with Gasteiger partial charge in [-0.1, -0.05) is 11.8 Å². The Kier molecular flexibility index (Phi) is 4.66. The average Bonchev–Trinajstić information content (AvgIpc) is 2.84. The van der Waals surface area contributed by atoms with Crippen molar-refractivity contribution in [2.45, 2.75) is 6.92 Å². The fourth-order valence-corrected chi connectivity index (χ4v) is 2.71. The lowest BCUT2D eigenvalue weighted by Crippen LogP contribution is -2.27. The topological polar surface area (TPSA) is 50.7 Å². The summed E-state index contributed by atoms with van der Waals surface area (Å²) < 4.78 is 6.17. The van der Waals surface area contributed by atoms with E-state index in [4.69, 9.17) is 4.74 Å². The Morgan fingerprint density at radius 2 is 2.44 bits per heavy atom. The van der Waals surface area contributed by atoms with E-state index in [0.29, 0.717) is 17.3 Å². The summed E-state index contributed by atoms with van der Waals surface area (Å²) >= 11 is 4.95. The van der Waals surface area contributed by atoms with Crippen LogP contribution in [0.25, 0.3) is 0 Å². The molecule has 0 atom stereocenters. The smallest absolute Gasteiger partial charge is 0.257 e. The average molecular weight is 329 g/mol. The molecule has 0 aromatic heterocycles. The monoisotopic (exact) mass is 328 g/mol. The number of nitrogens with one attached hydrogen (secondary N) is 1. The van der Waals surface area contributed by atoms with Crippen LogP contribution in [0.2, 0.25) is 0 Å². The first-order valence-electron chi connectivity index (χ1n) is 5.61. The number of nitrogens with zero attached hydrogens (tertiary/aromatic N) is 1. The summed E-state index contributed by atoms with van der Waals surface area (Å²) in [7, 11) is 0. The van der Waals surface area contributed by atoms with E-state index >= 15 is 0 Å². The summed E-state index contributed by atoms with van der Waals surface area (Å²) in [6.07, 6.45) is 0. The van der Waals surface area contributed by atoms with Crippen LogP contribution in [-0.2, 0) is 0 Å². The SMILES string of the molecule is CCOc1ccc(C(=O)NC2=NCCS2)cc1Br. The zero-order valence-corrected chi connectivity index (χ0v) is 12.3. The highest BCUT2D eigenvalue weighted by Crippen LogP contribution is 2.26. The molecule has 1 heterocycles. The third kappa shape index (κ3) is 3.26. The van der Waals surface area contributed by atoms with Crippen molar-refractivity contribution < 1.29 is 9.53 Å². The summed E-state index contributed by atoms with van der Waals surface area (Å²) in [6, 6.07) is 5.28. The third-order valence-electron chi connectivity index (χ3n) is 2.30. The van der Waals surface area contributed by atoms with Crippen molar-refractivity contribution in [3.8, 4) is 5.75 Å². The van der Waals surface area contributed by atoms with Gasteiger partial charge in [0, 0.05) is 11.3 Å². The van der Waals surface area contributed by atoms with Gasteiger partial charge in [0.15, 0.2) is 5.17 Å². The predicted octanol–water partition coefficient (Wildman–Crippen LogP) is 2.68. The van der Waals surface area contributed by atoms with E-state index < -0.39 is 0 Å². The molecule has 1 aromatic carbocycles. The van der Waals surface area contributed by atoms with Gasteiger partial charge in [-0.2, -0.15) is 0 Å². The largest absolute Gasteiger partial charge is 0.493 e. The van der Waals surface area contributed by atoms with Gasteiger partial charge in [0.2, 0.25) is 0 Å². The first-order valence-corrected chi connectivity index (χ1v) is 7.39. The summed E-state index contributed by atoms with van der Waals surface area (Å²) in [5.41, 5.74) is 0.584. The highest BCUT2D eigenvalue weighted by atomic mass is 79.9. The fraction of sp³-hybridized carbons (Fsp3) is 0.333. The number of amides is 1. The number of hydrogen-bond acceptors (Lipinski definition) is 4. The molecule has 0 unspecified atom stereocenters. The minimum absolute atomic E-state index is 0.146. The predicted molar refractivity (Wildman–Crippen MR) is 77.5 cm³/mol. The van der Waals surface area contributed by atoms with Gasteiger partial charge >= 0.3 is 0 Å². The van der Waals surface area contributed by atoms with Crippen molar-refractivity contribution in [2.24, 2.45) is 4.99 Å². The second-order valence-corrected chi connectivity index (χ2v) is 5.51. The van der Waals surface area contributed by atoms with Gasteiger partial charge in [0.25, 0.3) is 5.91 Å². The molecule has 96 valence electrons. The molecular weight excluding hydrogens is 316 g/mol. The molecule has 1 N–H and O–H groups in total. The standard InChI is InChI=1S/C12H13BrN2O2S/c1-2-17-10-4-3-8(7-9(10)13)11(16)15-12-14-5-6-18-12/h3-4,7H,2,5-6H2,1H3,(H,14,15,16). The van der Waals surface area contributed by atoms with Gasteiger partial charge in [-0.25, -0.2) is 0 Å². The Morgan fingerprint density at radius 3 is 3.06 bits per heavy atom. The van der Waals surface area contributed by atoms with Gasteiger partial charge in [0.05, 0.1) is 17.6 Å². The molecule has 0 spiro atoms. The van der Waals surface area contributed by atoms with Gasteiger partial charge in [-0.15, -0.1) is 0 Å². The maximum absolute atomic E-state index is 12.0. The van der Waals surface area contributed by atoms with Gasteiger partial charge in [-0.3, -0.25) is 9.79 Å². The van der Waals surface area contributed by atoms with Crippen molar-refractivity contribution in [1.29, 1.82) is 0 Å². The Balaban J connectivity index is 2.08. The number of ether oxygens (including phenoxy) is 1. The number of halogens is 1. The van der Waals surface area contributed by atoms with Crippen LogP contribution in [0.5, 0.6) is 5.75 Å². The zero-order valence-electron chi connectivity index (χ0n) is 9.90. The minimum atomic E-state index is -0.146. The quantitative estimate of drug-likeness (QED) is 0.928. The number of carbonyl (C=O) groups is 1. The molecule has 0 aliphatic carbocycles. The molecular formula is C12H13BrN2O2S. The second kappa shape index (κ2) is 6.24. The number of thioether (sulfide) groups is 1. The Morgan fingerprint density at radius 1 is 1.61 bits per heavy atom. The molecule has 0 bridgehead atoms. The van der Waals surface area contributed by atoms with Gasteiger partial charge < -0.3 is 10.1 Å². The highest BCUT2D eigenvalue weighted by molar-refractivity contribution is 9.10. The Bertz CT molecular complexity index is 491. The van der Waals surface area contributed by atoms with Crippen molar-refractivity contribution in [1.82, 2.24) is 5.32 Å². The second-order valence-electron chi connectivity index (χ2n) is 3.57. The van der Waals surface area contributed by atoms with E-state index in [1.165, 1.54) is 0 Å². The molecule has 1 aromatic rings. The maximum Gasteiger partial charge on any atom is 0.257 e. The number of rotatable bonds is 3. The van der Waals surface area contributed by atoms with Crippen LogP contribution in [0, 0.1) is 0 Å². The summed E-state index contributed by atoms with van der Waals surface area (Å²) in [4.78, 5) is 16.1. The van der Waals surface area contributed by atoms with Crippen LogP contribution in [-0.4, -0.2) is 30.0 Å². The number of carbonyl (C=O) groups excluding carboxylic acids is 1. The van der Waals surface area contributed by atoms with E-state index in [1.54, 1.807) is 30.0 Å². The molecule has 1 aliphatic heterocycles. The number of amidine groups is 1. The normalized spacial score (nSPS) is 14.2. The van der Waals surface area contributed by atoms with E-state index in [-0.39, 0.29) is 5.91 Å². The molecule has 0 fully saturated rings. The van der Waals surface area contributed by atoms with Crippen LogP contribution in [0.15, 0.2) is 27.7 Å². The van der Waals surface area contributed by atoms with Crippen molar-refractivity contribution in [3.05, 3.63) is 28.2 Å². The van der Waals surface area contributed by atoms with E-state index in [0.717, 1.165) is 22.5 Å². The minimum Gasteiger partial charge on any atom is -0.493 e. The molecule has 4 nitrogen and oxygen atoms in total. The lowest BCUT2D eigenvalue weighted by Gasteiger charge is -2.08. The number of aliphatic imine (C=N–C) groups is 1. The van der Waals surface area contributed by atoms with Crippen LogP contribution in [0.4, 0.5) is 0 Å². The van der Waals surface area contributed by atoms with E-state index in [2.05, 4.69) is 26.2 Å². The van der Waals surface area contributed by atoms with Crippen LogP contribution in [0.1, 0.15) is 17.3 Å². The fourth-order valence-electron chi connectivity index (χ4n) is 1.49. The molecule has 6 heteroatoms. The summed E-state index contributed by atoms with van der Waals surface area (Å²) in [5, 5.41) is 3.49. The summed E-state index contributed by atoms with van der Waals surface area (Å²) in [5.74, 6) is 1.52. The maximum atomic E-state index is 12.0. The molecule has 1 aliphatic rings. The Hall–Kier alpha value is -1.01. The molecule has 0 saturated heterocycles. The van der Waals surface area contributed by atoms with Crippen molar-refractivity contribution in [3.63, 3.8) is 0 Å². The molecule has 1 amide bonds. The lowest BCUT2D eigenvalue weighted by atomic mass is 10.2. The van der Waals surface area contributed by atoms with Crippen molar-refractivity contribution in [2.75, 3.05) is 18.9 Å². The lowest BCUT2D eigenvalue weighted by molar-refractivity contribution is 0.0978. The number of hydrogen-bond donors (Lipinski definition) is 1. The third-order valence-corrected chi connectivity index (χ3v) is 3.81. The number of benzene rings is 1. The highest BCUT2D eigenvalue weighted by Gasteiger charge is 2.13. The molecule has 2 rings (SSSR count). The molecule has 0 saturated carbocycles. The molecule has 18 heavy (non-hydrogen) atoms. The molecule has 0 radical (unpaired) electrons. The van der Waals surface area contributed by atoms with Crippen LogP contribution >= 0.6 is 27.7 Å². The first kappa shape index (κ1) is 13.4. The zero-order chi connectivity index (χ0) is 13.0. The van der Waals surface area contributed by atoms with Crippen LogP contribution < -0.4 is 10.1 Å². The van der Waals surface area contributed by atoms with E-state index in [1.807, 2.05) is 6.92 Å². The first-order chi connectivity index (χ1) is 8.70. The van der Waals surface area contributed by atoms with Crippen molar-refractivity contribution >= 4 is 38.8 Å². The van der Waals surface area contributed by atoms with Gasteiger partial charge in [-0.05, 0) is 41.1 Å².